The maximum absolute atomic E-state index is 11.7. The number of nitrogens with two attached hydrogens (primary N) is 2. The van der Waals surface area contributed by atoms with Crippen LogP contribution in [0, 0.1) is 0 Å². The van der Waals surface area contributed by atoms with E-state index in [0.29, 0.717) is 5.69 Å². The molecule has 0 aliphatic heterocycles. The molecule has 5 N–H and O–H groups in total. The molecule has 0 unspecified atom stereocenters. The molecule has 0 spiro atoms. The van der Waals surface area contributed by atoms with E-state index in [1.165, 1.54) is 6.08 Å². The molecule has 0 radical (unpaired) electrons. The molecule has 5 nitrogen and oxygen atoms in total. The molecule has 5 heteroatoms. The summed E-state index contributed by atoms with van der Waals surface area (Å²) in [4.78, 5) is 22.6. The zero-order chi connectivity index (χ0) is 14.5. The molecular weight excluding hydrogens is 242 g/mol. The summed E-state index contributed by atoms with van der Waals surface area (Å²) in [6.45, 7) is 3.49. The van der Waals surface area contributed by atoms with Crippen molar-refractivity contribution in [2.75, 3.05) is 5.73 Å². The quantitative estimate of drug-likeness (QED) is 0.546. The first-order chi connectivity index (χ1) is 8.78. The zero-order valence-electron chi connectivity index (χ0n) is 11.1. The zero-order valence-corrected chi connectivity index (χ0v) is 11.1. The topological polar surface area (TPSA) is 98.2 Å². The van der Waals surface area contributed by atoms with E-state index in [9.17, 15) is 9.59 Å². The highest BCUT2D eigenvalue weighted by molar-refractivity contribution is 5.92. The highest BCUT2D eigenvalue weighted by atomic mass is 16.2. The van der Waals surface area contributed by atoms with E-state index in [1.54, 1.807) is 32.1 Å². The average Bonchev–Trinajstić information content (AvgIpc) is 2.25. The van der Waals surface area contributed by atoms with Crippen molar-refractivity contribution in [2.45, 2.75) is 25.8 Å². The van der Waals surface area contributed by atoms with Gasteiger partial charge in [0.2, 0.25) is 11.8 Å². The average molecular weight is 261 g/mol. The molecule has 1 aromatic rings. The molecule has 0 saturated heterocycles. The molecule has 0 fully saturated rings. The summed E-state index contributed by atoms with van der Waals surface area (Å²) in [5.74, 6) is -0.726. The van der Waals surface area contributed by atoms with Gasteiger partial charge < -0.3 is 16.8 Å². The van der Waals surface area contributed by atoms with Crippen LogP contribution in [0.5, 0.6) is 0 Å². The third-order valence-electron chi connectivity index (χ3n) is 2.44. The predicted octanol–water partition coefficient (Wildman–Crippen LogP) is 1.05. The Morgan fingerprint density at radius 1 is 1.26 bits per heavy atom. The first-order valence-electron chi connectivity index (χ1n) is 5.92. The van der Waals surface area contributed by atoms with E-state index < -0.39 is 11.4 Å². The molecule has 0 aromatic heterocycles. The van der Waals surface area contributed by atoms with Gasteiger partial charge >= 0.3 is 0 Å². The summed E-state index contributed by atoms with van der Waals surface area (Å²) in [6.07, 6.45) is 3.18. The van der Waals surface area contributed by atoms with Gasteiger partial charge in [-0.2, -0.15) is 0 Å². The van der Waals surface area contributed by atoms with E-state index in [-0.39, 0.29) is 12.3 Å². The maximum Gasteiger partial charge on any atom is 0.244 e. The van der Waals surface area contributed by atoms with Gasteiger partial charge in [-0.25, -0.2) is 0 Å². The van der Waals surface area contributed by atoms with Crippen molar-refractivity contribution in [1.29, 1.82) is 0 Å². The van der Waals surface area contributed by atoms with E-state index in [4.69, 9.17) is 11.5 Å². The molecule has 1 aromatic carbocycles. The van der Waals surface area contributed by atoms with Crippen molar-refractivity contribution in [3.05, 3.63) is 35.9 Å². The number of rotatable bonds is 5. The molecule has 1 rings (SSSR count). The Labute approximate surface area is 112 Å². The summed E-state index contributed by atoms with van der Waals surface area (Å²) in [5.41, 5.74) is 11.6. The van der Waals surface area contributed by atoms with Crippen molar-refractivity contribution in [3.8, 4) is 0 Å². The number of hydrogen-bond donors (Lipinski definition) is 3. The van der Waals surface area contributed by atoms with E-state index in [0.717, 1.165) is 5.56 Å². The Kier molecular flexibility index (Phi) is 4.69. The lowest BCUT2D eigenvalue weighted by atomic mass is 10.0. The monoisotopic (exact) mass is 261 g/mol. The lowest BCUT2D eigenvalue weighted by molar-refractivity contribution is -0.121. The summed E-state index contributed by atoms with van der Waals surface area (Å²) in [5, 5.41) is 2.72. The Balaban J connectivity index is 2.60. The summed E-state index contributed by atoms with van der Waals surface area (Å²) < 4.78 is 0. The van der Waals surface area contributed by atoms with Crippen LogP contribution in [-0.4, -0.2) is 17.4 Å². The minimum Gasteiger partial charge on any atom is -0.399 e. The number of carbonyl (C=O) groups is 2. The third kappa shape index (κ3) is 5.72. The van der Waals surface area contributed by atoms with E-state index in [1.807, 2.05) is 12.1 Å². The fraction of sp³-hybridized carbons (Fsp3) is 0.286. The Morgan fingerprint density at radius 3 is 2.37 bits per heavy atom. The second-order valence-corrected chi connectivity index (χ2v) is 5.02. The smallest absolute Gasteiger partial charge is 0.244 e. The molecule has 2 amide bonds. The fourth-order valence-corrected chi connectivity index (χ4v) is 1.63. The van der Waals surface area contributed by atoms with E-state index >= 15 is 0 Å². The van der Waals surface area contributed by atoms with Crippen molar-refractivity contribution >= 4 is 23.6 Å². The second-order valence-electron chi connectivity index (χ2n) is 5.02. The number of nitrogens with one attached hydrogen (secondary N) is 1. The number of carbonyl (C=O) groups excluding carboxylic acids is 2. The van der Waals surface area contributed by atoms with Crippen molar-refractivity contribution in [2.24, 2.45) is 5.73 Å². The predicted molar refractivity (Wildman–Crippen MR) is 75.9 cm³/mol. The van der Waals surface area contributed by atoms with Crippen LogP contribution in [0.15, 0.2) is 30.3 Å². The molecule has 19 heavy (non-hydrogen) atoms. The van der Waals surface area contributed by atoms with Gasteiger partial charge in [0.25, 0.3) is 0 Å². The normalized spacial score (nSPS) is 11.5. The summed E-state index contributed by atoms with van der Waals surface area (Å²) in [7, 11) is 0. The molecule has 102 valence electrons. The van der Waals surface area contributed by atoms with Gasteiger partial charge in [0.1, 0.15) is 0 Å². The number of hydrogen-bond acceptors (Lipinski definition) is 3. The third-order valence-corrected chi connectivity index (χ3v) is 2.44. The SMILES string of the molecule is CC(C)(CC(N)=O)NC(=O)/C=C/c1ccc(N)cc1. The molecule has 0 bridgehead atoms. The fourth-order valence-electron chi connectivity index (χ4n) is 1.63. The number of benzene rings is 1. The van der Waals surface area contributed by atoms with Crippen molar-refractivity contribution < 1.29 is 9.59 Å². The van der Waals surface area contributed by atoms with Crippen LogP contribution in [0.2, 0.25) is 0 Å². The standard InChI is InChI=1S/C14H19N3O2/c1-14(2,9-12(16)18)17-13(19)8-5-10-3-6-11(15)7-4-10/h3-8H,9,15H2,1-2H3,(H2,16,18)(H,17,19)/b8-5+. The molecule has 0 aliphatic carbocycles. The van der Waals surface area contributed by atoms with Crippen LogP contribution < -0.4 is 16.8 Å². The van der Waals surface area contributed by atoms with Crippen LogP contribution in [-0.2, 0) is 9.59 Å². The molecule has 0 atom stereocenters. The van der Waals surface area contributed by atoms with E-state index in [2.05, 4.69) is 5.32 Å². The van der Waals surface area contributed by atoms with Crippen LogP contribution >= 0.6 is 0 Å². The van der Waals surface area contributed by atoms with Gasteiger partial charge in [-0.1, -0.05) is 12.1 Å². The van der Waals surface area contributed by atoms with Crippen LogP contribution in [0.1, 0.15) is 25.8 Å². The Hall–Kier alpha value is -2.30. The minimum absolute atomic E-state index is 0.0917. The molecule has 0 saturated carbocycles. The van der Waals surface area contributed by atoms with Crippen LogP contribution in [0.3, 0.4) is 0 Å². The summed E-state index contributed by atoms with van der Waals surface area (Å²) >= 11 is 0. The van der Waals surface area contributed by atoms with Gasteiger partial charge in [-0.05, 0) is 37.6 Å². The number of amides is 2. The van der Waals surface area contributed by atoms with Gasteiger partial charge in [0.05, 0.1) is 0 Å². The second kappa shape index (κ2) is 6.04. The molecular formula is C14H19N3O2. The minimum atomic E-state index is -0.658. The van der Waals surface area contributed by atoms with Gasteiger partial charge in [0, 0.05) is 23.7 Å². The summed E-state index contributed by atoms with van der Waals surface area (Å²) in [6, 6.07) is 7.14. The van der Waals surface area contributed by atoms with Crippen LogP contribution in [0.25, 0.3) is 6.08 Å². The van der Waals surface area contributed by atoms with Gasteiger partial charge in [-0.3, -0.25) is 9.59 Å². The lowest BCUT2D eigenvalue weighted by Crippen LogP contribution is -2.45. The number of nitrogen functional groups attached to an aromatic ring is 1. The van der Waals surface area contributed by atoms with Crippen molar-refractivity contribution in [3.63, 3.8) is 0 Å². The Bertz CT molecular complexity index is 490. The largest absolute Gasteiger partial charge is 0.399 e. The van der Waals surface area contributed by atoms with Gasteiger partial charge in [0.15, 0.2) is 0 Å². The molecule has 0 heterocycles. The number of primary amides is 1. The number of anilines is 1. The van der Waals surface area contributed by atoms with Crippen molar-refractivity contribution in [1.82, 2.24) is 5.32 Å². The van der Waals surface area contributed by atoms with Gasteiger partial charge in [-0.15, -0.1) is 0 Å². The van der Waals surface area contributed by atoms with Crippen LogP contribution in [0.4, 0.5) is 5.69 Å². The lowest BCUT2D eigenvalue weighted by Gasteiger charge is -2.23. The first kappa shape index (κ1) is 14.8. The highest BCUT2D eigenvalue weighted by Gasteiger charge is 2.21. The maximum atomic E-state index is 11.7. The first-order valence-corrected chi connectivity index (χ1v) is 5.92. The Morgan fingerprint density at radius 2 is 1.84 bits per heavy atom. The highest BCUT2D eigenvalue weighted by Crippen LogP contribution is 2.09. The molecule has 0 aliphatic rings.